The largest absolute Gasteiger partial charge is 0.616 e. The molecule has 0 aromatic carbocycles. The van der Waals surface area contributed by atoms with E-state index in [4.69, 9.17) is 30.5 Å². The van der Waals surface area contributed by atoms with E-state index >= 15 is 0 Å². The fourth-order valence-corrected chi connectivity index (χ4v) is 2.06. The second-order valence-corrected chi connectivity index (χ2v) is 5.51. The van der Waals surface area contributed by atoms with Gasteiger partial charge in [0, 0.05) is 19.8 Å². The van der Waals surface area contributed by atoms with Gasteiger partial charge in [-0.2, -0.15) is 0 Å². The smallest absolute Gasteiger partial charge is 0.333 e. The van der Waals surface area contributed by atoms with Gasteiger partial charge in [-0.25, -0.2) is 4.79 Å². The minimum atomic E-state index is -1.79. The number of nitrogens with two attached hydrogens (primary N) is 1. The number of hydrogen-bond donors (Lipinski definition) is 4. The summed E-state index contributed by atoms with van der Waals surface area (Å²) in [6.07, 6.45) is -2.89. The van der Waals surface area contributed by atoms with Gasteiger partial charge >= 0.3 is 11.9 Å². The second-order valence-electron chi connectivity index (χ2n) is 3.89. The van der Waals surface area contributed by atoms with Crippen LogP contribution in [0.5, 0.6) is 0 Å². The number of aliphatic hydroxyl groups is 1. The van der Waals surface area contributed by atoms with Gasteiger partial charge in [-0.15, -0.1) is 0 Å². The minimum absolute atomic E-state index is 0.345. The molecule has 0 radical (unpaired) electrons. The Morgan fingerprint density at radius 2 is 1.73 bits per heavy atom. The quantitative estimate of drug-likeness (QED) is 0.272. The van der Waals surface area contributed by atoms with Gasteiger partial charge in [0.2, 0.25) is 6.29 Å². The molecule has 2 atom stereocenters. The van der Waals surface area contributed by atoms with Crippen molar-refractivity contribution < 1.29 is 38.9 Å². The molecule has 0 fully saturated rings. The monoisotopic (exact) mass is 343 g/mol. The number of hydrogen-bond acceptors (Lipinski definition) is 7. The number of carbonyl (C=O) groups is 2. The predicted octanol–water partition coefficient (Wildman–Crippen LogP) is -1.00. The van der Waals surface area contributed by atoms with Gasteiger partial charge in [-0.1, -0.05) is 0 Å². The summed E-state index contributed by atoms with van der Waals surface area (Å²) in [5, 5.41) is 24.1. The van der Waals surface area contributed by atoms with Crippen molar-refractivity contribution in [2.75, 3.05) is 31.3 Å². The summed E-state index contributed by atoms with van der Waals surface area (Å²) in [6, 6.07) is 0. The maximum absolute atomic E-state index is 11.3. The Kier molecular flexibility index (Phi) is 15.9. The molecule has 2 unspecified atom stereocenters. The molecule has 0 spiro atoms. The molecule has 0 aliphatic carbocycles. The highest BCUT2D eigenvalue weighted by molar-refractivity contribution is 7.91. The van der Waals surface area contributed by atoms with Crippen LogP contribution in [0, 0.1) is 0 Å². The first-order valence-corrected chi connectivity index (χ1v) is 8.18. The van der Waals surface area contributed by atoms with Crippen LogP contribution in [0.4, 0.5) is 0 Å². The molecule has 0 aromatic heterocycles. The molecule has 0 heterocycles. The maximum atomic E-state index is 11.3. The topological polar surface area (TPSA) is 162 Å². The normalized spacial score (nSPS) is 13.2. The first-order chi connectivity index (χ1) is 10.3. The number of rotatable bonds is 11. The van der Waals surface area contributed by atoms with Crippen LogP contribution in [0.2, 0.25) is 0 Å². The highest BCUT2D eigenvalue weighted by Gasteiger charge is 2.16. The zero-order chi connectivity index (χ0) is 17.5. The summed E-state index contributed by atoms with van der Waals surface area (Å²) in [7, 11) is 0. The summed E-state index contributed by atoms with van der Waals surface area (Å²) in [6.45, 7) is 5.36. The molecule has 0 bridgehead atoms. The Morgan fingerprint density at radius 1 is 1.23 bits per heavy atom. The van der Waals surface area contributed by atoms with Gasteiger partial charge in [0.25, 0.3) is 0 Å². The van der Waals surface area contributed by atoms with Gasteiger partial charge in [-0.05, 0) is 25.0 Å². The summed E-state index contributed by atoms with van der Waals surface area (Å²) in [5.74, 6) is -1.92. The van der Waals surface area contributed by atoms with Crippen molar-refractivity contribution in [3.05, 3.63) is 0 Å². The lowest BCUT2D eigenvalue weighted by atomic mass is 10.3. The second kappa shape index (κ2) is 15.0. The van der Waals surface area contributed by atoms with E-state index in [1.165, 1.54) is 0 Å². The lowest BCUT2D eigenvalue weighted by molar-refractivity contribution is -0.152. The van der Waals surface area contributed by atoms with Crippen LogP contribution in [0.1, 0.15) is 20.3 Å². The average Bonchev–Trinajstić information content (AvgIpc) is 2.39. The SMILES string of the molecule is CCOC(C[S+]([O-])CCN)OCC.O=C(O)CC(O)C(=O)O. The van der Waals surface area contributed by atoms with E-state index in [-0.39, 0.29) is 6.29 Å². The van der Waals surface area contributed by atoms with Gasteiger partial charge in [0.15, 0.2) is 11.9 Å². The zero-order valence-electron chi connectivity index (χ0n) is 12.8. The fourth-order valence-electron chi connectivity index (χ4n) is 1.14. The summed E-state index contributed by atoms with van der Waals surface area (Å²) in [4.78, 5) is 19.4. The van der Waals surface area contributed by atoms with Gasteiger partial charge in [-0.3, -0.25) is 4.79 Å². The van der Waals surface area contributed by atoms with Crippen LogP contribution in [0.3, 0.4) is 0 Å². The lowest BCUT2D eigenvalue weighted by Gasteiger charge is -2.18. The minimum Gasteiger partial charge on any atom is -0.616 e. The Hall–Kier alpha value is -0.910. The van der Waals surface area contributed by atoms with Crippen molar-refractivity contribution in [2.45, 2.75) is 32.7 Å². The Bertz CT molecular complexity index is 299. The molecule has 22 heavy (non-hydrogen) atoms. The summed E-state index contributed by atoms with van der Waals surface area (Å²) >= 11 is -0.928. The number of aliphatic hydroxyl groups excluding tert-OH is 1. The molecular weight excluding hydrogens is 318 g/mol. The van der Waals surface area contributed by atoms with E-state index < -0.39 is 35.6 Å². The molecule has 0 aliphatic rings. The Balaban J connectivity index is 0. The van der Waals surface area contributed by atoms with E-state index in [9.17, 15) is 14.1 Å². The van der Waals surface area contributed by atoms with E-state index in [1.54, 1.807) is 0 Å². The van der Waals surface area contributed by atoms with E-state index in [2.05, 4.69) is 0 Å². The van der Waals surface area contributed by atoms with Crippen LogP contribution in [0.25, 0.3) is 0 Å². The van der Waals surface area contributed by atoms with E-state index in [1.807, 2.05) is 13.8 Å². The predicted molar refractivity (Wildman–Crippen MR) is 79.9 cm³/mol. The molecular formula is C12H25NO8S. The highest BCUT2D eigenvalue weighted by atomic mass is 32.2. The van der Waals surface area contributed by atoms with Crippen LogP contribution >= 0.6 is 0 Å². The first-order valence-electron chi connectivity index (χ1n) is 6.69. The van der Waals surface area contributed by atoms with Crippen molar-refractivity contribution in [1.29, 1.82) is 0 Å². The van der Waals surface area contributed by atoms with Crippen molar-refractivity contribution in [1.82, 2.24) is 0 Å². The molecule has 0 saturated heterocycles. The highest BCUT2D eigenvalue weighted by Crippen LogP contribution is 2.01. The molecule has 0 aromatic rings. The molecule has 0 rings (SSSR count). The Morgan fingerprint density at radius 3 is 2.00 bits per heavy atom. The van der Waals surface area contributed by atoms with Crippen molar-refractivity contribution in [3.8, 4) is 0 Å². The average molecular weight is 343 g/mol. The summed E-state index contributed by atoms with van der Waals surface area (Å²) in [5.41, 5.74) is 5.28. The molecule has 132 valence electrons. The molecule has 0 saturated carbocycles. The Labute approximate surface area is 132 Å². The lowest BCUT2D eigenvalue weighted by Crippen LogP contribution is -2.30. The van der Waals surface area contributed by atoms with Crippen molar-refractivity contribution >= 4 is 23.1 Å². The molecule has 5 N–H and O–H groups in total. The van der Waals surface area contributed by atoms with Crippen LogP contribution in [0.15, 0.2) is 0 Å². The molecule has 0 amide bonds. The zero-order valence-corrected chi connectivity index (χ0v) is 13.6. The summed E-state index contributed by atoms with van der Waals surface area (Å²) < 4.78 is 21.8. The third-order valence-electron chi connectivity index (χ3n) is 2.03. The van der Waals surface area contributed by atoms with Crippen LogP contribution in [-0.4, -0.2) is 75.5 Å². The number of aliphatic carboxylic acids is 2. The van der Waals surface area contributed by atoms with Gasteiger partial charge in [0.05, 0.1) is 6.42 Å². The maximum Gasteiger partial charge on any atom is 0.333 e. The number of ether oxygens (including phenoxy) is 2. The van der Waals surface area contributed by atoms with Crippen molar-refractivity contribution in [3.63, 3.8) is 0 Å². The fraction of sp³-hybridized carbons (Fsp3) is 0.833. The number of carboxylic acids is 2. The third-order valence-corrected chi connectivity index (χ3v) is 3.36. The van der Waals surface area contributed by atoms with Gasteiger partial charge < -0.3 is 35.1 Å². The van der Waals surface area contributed by atoms with Crippen LogP contribution in [-0.2, 0) is 30.2 Å². The van der Waals surface area contributed by atoms with E-state index in [0.29, 0.717) is 31.3 Å². The van der Waals surface area contributed by atoms with Gasteiger partial charge in [0.1, 0.15) is 5.75 Å². The number of carboxylic acid groups (broad SMARTS) is 2. The third kappa shape index (κ3) is 15.5. The van der Waals surface area contributed by atoms with E-state index in [0.717, 1.165) is 0 Å². The first kappa shape index (κ1) is 23.4. The molecule has 10 heteroatoms. The van der Waals surface area contributed by atoms with Crippen molar-refractivity contribution in [2.24, 2.45) is 5.73 Å². The standard InChI is InChI=1S/C8H19NO3S.C4H6O5/c1-3-11-8(12-4-2)7-13(10)6-5-9;5-2(4(8)9)1-3(6)7/h8H,3-7,9H2,1-2H3;2,5H,1H2,(H,6,7)(H,8,9). The van der Waals surface area contributed by atoms with Crippen LogP contribution < -0.4 is 5.73 Å². The molecule has 9 nitrogen and oxygen atoms in total. The molecule has 0 aliphatic heterocycles.